The molecule has 0 aliphatic heterocycles. The fourth-order valence-corrected chi connectivity index (χ4v) is 2.94. The van der Waals surface area contributed by atoms with Crippen molar-refractivity contribution in [3.05, 3.63) is 47.9 Å². The molecule has 2 N–H and O–H groups in total. The Labute approximate surface area is 145 Å². The van der Waals surface area contributed by atoms with E-state index in [9.17, 15) is 9.59 Å². The smallest absolute Gasteiger partial charge is 0.411 e. The summed E-state index contributed by atoms with van der Waals surface area (Å²) in [6.07, 6.45) is 2.41. The van der Waals surface area contributed by atoms with Gasteiger partial charge in [-0.2, -0.15) is 0 Å². The second-order valence-electron chi connectivity index (χ2n) is 6.18. The summed E-state index contributed by atoms with van der Waals surface area (Å²) in [7, 11) is 0. The van der Waals surface area contributed by atoms with Crippen LogP contribution in [0.15, 0.2) is 40.9 Å². The van der Waals surface area contributed by atoms with E-state index in [-0.39, 0.29) is 23.7 Å². The molecule has 2 amide bonds. The maximum absolute atomic E-state index is 12.1. The van der Waals surface area contributed by atoms with Crippen LogP contribution in [-0.4, -0.2) is 29.3 Å². The number of carbonyl (C=O) groups excluding carboxylic acids is 2. The van der Waals surface area contributed by atoms with Crippen molar-refractivity contribution in [2.24, 2.45) is 0 Å². The van der Waals surface area contributed by atoms with E-state index in [1.165, 1.54) is 0 Å². The van der Waals surface area contributed by atoms with Gasteiger partial charge in [0.05, 0.1) is 0 Å². The summed E-state index contributed by atoms with van der Waals surface area (Å²) in [4.78, 5) is 24.1. The number of aryl methyl sites for hydroxylation is 1. The van der Waals surface area contributed by atoms with Crippen LogP contribution < -0.4 is 10.6 Å². The number of nitrogens with one attached hydrogen (secondary N) is 2. The van der Waals surface area contributed by atoms with Gasteiger partial charge < -0.3 is 14.6 Å². The number of hydrogen-bond acceptors (Lipinski definition) is 5. The van der Waals surface area contributed by atoms with Crippen molar-refractivity contribution < 1.29 is 18.8 Å². The zero-order chi connectivity index (χ0) is 17.6. The summed E-state index contributed by atoms with van der Waals surface area (Å²) in [6.45, 7) is 1.74. The number of carbonyl (C=O) groups is 2. The first-order valence-corrected chi connectivity index (χ1v) is 8.37. The molecule has 0 bridgehead atoms. The van der Waals surface area contributed by atoms with Crippen molar-refractivity contribution in [1.29, 1.82) is 0 Å². The molecule has 1 fully saturated rings. The summed E-state index contributed by atoms with van der Waals surface area (Å²) >= 11 is 0. The predicted molar refractivity (Wildman–Crippen MR) is 91.3 cm³/mol. The normalized spacial score (nSPS) is 19.9. The van der Waals surface area contributed by atoms with Gasteiger partial charge in [-0.25, -0.2) is 4.79 Å². The molecule has 1 aliphatic carbocycles. The molecule has 0 saturated heterocycles. The highest BCUT2D eigenvalue weighted by atomic mass is 16.6. The lowest BCUT2D eigenvalue weighted by atomic mass is 9.92. The molecule has 2 unspecified atom stereocenters. The van der Waals surface area contributed by atoms with E-state index in [2.05, 4.69) is 15.8 Å². The van der Waals surface area contributed by atoms with Crippen LogP contribution in [0.3, 0.4) is 0 Å². The lowest BCUT2D eigenvalue weighted by molar-refractivity contribution is 0.0709. The molecule has 1 aromatic carbocycles. The SMILES string of the molecule is Cc1cc(C(=O)NC2CCCC(OC(=O)Nc3ccccc3)C2)no1. The number of nitrogens with zero attached hydrogens (tertiary/aromatic N) is 1. The topological polar surface area (TPSA) is 93.5 Å². The molecule has 1 aliphatic rings. The second-order valence-corrected chi connectivity index (χ2v) is 6.18. The molecule has 3 rings (SSSR count). The average molecular weight is 343 g/mol. The highest BCUT2D eigenvalue weighted by molar-refractivity contribution is 5.92. The summed E-state index contributed by atoms with van der Waals surface area (Å²) < 4.78 is 10.4. The Hall–Kier alpha value is -2.83. The number of aromatic nitrogens is 1. The van der Waals surface area contributed by atoms with Gasteiger partial charge in [0.1, 0.15) is 11.9 Å². The van der Waals surface area contributed by atoms with Crippen molar-refractivity contribution >= 4 is 17.7 Å². The molecule has 0 spiro atoms. The molecule has 0 radical (unpaired) electrons. The van der Waals surface area contributed by atoms with Crippen molar-refractivity contribution in [1.82, 2.24) is 10.5 Å². The fraction of sp³-hybridized carbons (Fsp3) is 0.389. The van der Waals surface area contributed by atoms with E-state index in [4.69, 9.17) is 9.26 Å². The molecule has 132 valence electrons. The molecular formula is C18H21N3O4. The Bertz CT molecular complexity index is 729. The van der Waals surface area contributed by atoms with Gasteiger partial charge in [-0.05, 0) is 38.3 Å². The van der Waals surface area contributed by atoms with Crippen LogP contribution in [0.5, 0.6) is 0 Å². The third-order valence-electron chi connectivity index (χ3n) is 4.12. The molecule has 1 heterocycles. The molecule has 2 aromatic rings. The quantitative estimate of drug-likeness (QED) is 0.888. The van der Waals surface area contributed by atoms with Crippen molar-refractivity contribution in [3.8, 4) is 0 Å². The van der Waals surface area contributed by atoms with Crippen LogP contribution in [0.4, 0.5) is 10.5 Å². The minimum absolute atomic E-state index is 0.0484. The highest BCUT2D eigenvalue weighted by Crippen LogP contribution is 2.22. The summed E-state index contributed by atoms with van der Waals surface area (Å²) in [5.74, 6) is 0.323. The minimum Gasteiger partial charge on any atom is -0.446 e. The minimum atomic E-state index is -0.477. The zero-order valence-corrected chi connectivity index (χ0v) is 14.0. The largest absolute Gasteiger partial charge is 0.446 e. The monoisotopic (exact) mass is 343 g/mol. The van der Waals surface area contributed by atoms with Crippen LogP contribution in [0.1, 0.15) is 41.9 Å². The van der Waals surface area contributed by atoms with Gasteiger partial charge in [0, 0.05) is 24.2 Å². The van der Waals surface area contributed by atoms with Crippen LogP contribution in [-0.2, 0) is 4.74 Å². The van der Waals surface area contributed by atoms with E-state index >= 15 is 0 Å². The van der Waals surface area contributed by atoms with E-state index in [0.29, 0.717) is 17.9 Å². The lowest BCUT2D eigenvalue weighted by Gasteiger charge is -2.29. The van der Waals surface area contributed by atoms with Gasteiger partial charge in [-0.1, -0.05) is 23.4 Å². The predicted octanol–water partition coefficient (Wildman–Crippen LogP) is 3.27. The van der Waals surface area contributed by atoms with Crippen LogP contribution in [0.2, 0.25) is 0 Å². The van der Waals surface area contributed by atoms with Gasteiger partial charge in [0.2, 0.25) is 0 Å². The maximum atomic E-state index is 12.1. The number of hydrogen-bond donors (Lipinski definition) is 2. The van der Waals surface area contributed by atoms with Crippen molar-refractivity contribution in [3.63, 3.8) is 0 Å². The molecular weight excluding hydrogens is 322 g/mol. The number of anilines is 1. The fourth-order valence-electron chi connectivity index (χ4n) is 2.94. The number of benzene rings is 1. The van der Waals surface area contributed by atoms with Crippen LogP contribution >= 0.6 is 0 Å². The van der Waals surface area contributed by atoms with Crippen LogP contribution in [0, 0.1) is 6.92 Å². The standard InChI is InChI=1S/C18H21N3O4/c1-12-10-16(21-25-12)17(22)19-14-8-5-9-15(11-14)24-18(23)20-13-6-3-2-4-7-13/h2-4,6-7,10,14-15H,5,8-9,11H2,1H3,(H,19,22)(H,20,23). The van der Waals surface area contributed by atoms with Crippen LogP contribution in [0.25, 0.3) is 0 Å². The lowest BCUT2D eigenvalue weighted by Crippen LogP contribution is -2.41. The van der Waals surface area contributed by atoms with Gasteiger partial charge in [0.15, 0.2) is 5.69 Å². The Morgan fingerprint density at radius 1 is 1.24 bits per heavy atom. The zero-order valence-electron chi connectivity index (χ0n) is 14.0. The first kappa shape index (κ1) is 17.0. The molecule has 25 heavy (non-hydrogen) atoms. The number of ether oxygens (including phenoxy) is 1. The second kappa shape index (κ2) is 7.83. The van der Waals surface area contributed by atoms with E-state index < -0.39 is 6.09 Å². The summed E-state index contributed by atoms with van der Waals surface area (Å²) in [5, 5.41) is 9.34. The summed E-state index contributed by atoms with van der Waals surface area (Å²) in [6, 6.07) is 10.7. The van der Waals surface area contributed by atoms with Gasteiger partial charge in [0.25, 0.3) is 5.91 Å². The number of para-hydroxylation sites is 1. The Balaban J connectivity index is 1.49. The molecule has 1 aromatic heterocycles. The molecule has 1 saturated carbocycles. The first-order valence-electron chi connectivity index (χ1n) is 8.37. The van der Waals surface area contributed by atoms with Gasteiger partial charge in [-0.3, -0.25) is 10.1 Å². The highest BCUT2D eigenvalue weighted by Gasteiger charge is 2.27. The Morgan fingerprint density at radius 3 is 2.76 bits per heavy atom. The van der Waals surface area contributed by atoms with Gasteiger partial charge in [-0.15, -0.1) is 0 Å². The number of amides is 2. The molecule has 2 atom stereocenters. The third-order valence-corrected chi connectivity index (χ3v) is 4.12. The Kier molecular flexibility index (Phi) is 5.33. The summed E-state index contributed by atoms with van der Waals surface area (Å²) in [5.41, 5.74) is 0.955. The third kappa shape index (κ3) is 4.82. The first-order chi connectivity index (χ1) is 12.1. The number of rotatable bonds is 4. The Morgan fingerprint density at radius 2 is 2.04 bits per heavy atom. The maximum Gasteiger partial charge on any atom is 0.411 e. The van der Waals surface area contributed by atoms with Crippen molar-refractivity contribution in [2.45, 2.75) is 44.8 Å². The van der Waals surface area contributed by atoms with Crippen molar-refractivity contribution in [2.75, 3.05) is 5.32 Å². The molecule has 7 heteroatoms. The molecule has 7 nitrogen and oxygen atoms in total. The average Bonchev–Trinajstić information content (AvgIpc) is 3.02. The van der Waals surface area contributed by atoms with E-state index in [0.717, 1.165) is 19.3 Å². The van der Waals surface area contributed by atoms with Gasteiger partial charge >= 0.3 is 6.09 Å². The van der Waals surface area contributed by atoms with E-state index in [1.807, 2.05) is 18.2 Å². The van der Waals surface area contributed by atoms with E-state index in [1.54, 1.807) is 25.1 Å².